The lowest BCUT2D eigenvalue weighted by molar-refractivity contribution is -0.137. The van der Waals surface area contributed by atoms with Crippen LogP contribution in [0.15, 0.2) is 12.4 Å². The maximum atomic E-state index is 12.3. The third-order valence-corrected chi connectivity index (χ3v) is 2.66. The third kappa shape index (κ3) is 2.75. The molecule has 2 rings (SSSR count). The second-order valence-electron chi connectivity index (χ2n) is 4.24. The van der Waals surface area contributed by atoms with E-state index in [4.69, 9.17) is 0 Å². The summed E-state index contributed by atoms with van der Waals surface area (Å²) in [4.78, 5) is 0. The Hall–Kier alpha value is -1.04. The van der Waals surface area contributed by atoms with Gasteiger partial charge in [0.1, 0.15) is 0 Å². The van der Waals surface area contributed by atoms with Gasteiger partial charge in [-0.05, 0) is 19.8 Å². The zero-order valence-electron chi connectivity index (χ0n) is 8.96. The number of halogens is 3. The summed E-state index contributed by atoms with van der Waals surface area (Å²) in [5.74, 6) is 0. The lowest BCUT2D eigenvalue weighted by Crippen LogP contribution is -2.25. The largest absolute Gasteiger partial charge is 0.419 e. The minimum absolute atomic E-state index is 0.0586. The van der Waals surface area contributed by atoms with Gasteiger partial charge in [0.15, 0.2) is 0 Å². The zero-order chi connectivity index (χ0) is 11.8. The van der Waals surface area contributed by atoms with Gasteiger partial charge in [-0.15, -0.1) is 0 Å². The molecular formula is C10H14F3N3. The van der Waals surface area contributed by atoms with Gasteiger partial charge in [-0.3, -0.25) is 4.68 Å². The Morgan fingerprint density at radius 3 is 2.75 bits per heavy atom. The van der Waals surface area contributed by atoms with Gasteiger partial charge in [0, 0.05) is 18.8 Å². The van der Waals surface area contributed by atoms with E-state index in [0.717, 1.165) is 12.4 Å². The predicted molar refractivity (Wildman–Crippen MR) is 53.0 cm³/mol. The van der Waals surface area contributed by atoms with Crippen LogP contribution in [0.2, 0.25) is 0 Å². The van der Waals surface area contributed by atoms with Crippen LogP contribution in [0.3, 0.4) is 0 Å². The fraction of sp³-hybridized carbons (Fsp3) is 0.700. The Morgan fingerprint density at radius 1 is 1.56 bits per heavy atom. The van der Waals surface area contributed by atoms with Crippen LogP contribution in [0.5, 0.6) is 0 Å². The molecule has 1 saturated carbocycles. The first-order valence-corrected chi connectivity index (χ1v) is 5.31. The molecule has 1 atom stereocenters. The number of nitrogens with zero attached hydrogens (tertiary/aromatic N) is 2. The highest BCUT2D eigenvalue weighted by molar-refractivity contribution is 5.08. The number of nitrogens with one attached hydrogen (secondary N) is 1. The Morgan fingerprint density at radius 2 is 2.25 bits per heavy atom. The molecule has 16 heavy (non-hydrogen) atoms. The maximum Gasteiger partial charge on any atom is 0.419 e. The van der Waals surface area contributed by atoms with Crippen molar-refractivity contribution in [1.29, 1.82) is 0 Å². The Labute approximate surface area is 91.6 Å². The molecule has 6 heteroatoms. The number of hydrogen-bond donors (Lipinski definition) is 1. The van der Waals surface area contributed by atoms with Crippen LogP contribution >= 0.6 is 0 Å². The second-order valence-corrected chi connectivity index (χ2v) is 4.24. The molecule has 0 aromatic carbocycles. The van der Waals surface area contributed by atoms with Crippen LogP contribution in [-0.2, 0) is 6.18 Å². The van der Waals surface area contributed by atoms with E-state index in [1.807, 2.05) is 6.92 Å². The van der Waals surface area contributed by atoms with E-state index in [0.29, 0.717) is 12.6 Å². The number of alkyl halides is 3. The van der Waals surface area contributed by atoms with E-state index >= 15 is 0 Å². The standard InChI is InChI=1S/C10H14F3N3/c1-7(4-14-9-2-3-9)16-6-8(5-15-16)10(11,12)13/h5-7,9,14H,2-4H2,1H3. The van der Waals surface area contributed by atoms with E-state index in [1.165, 1.54) is 17.5 Å². The first kappa shape index (κ1) is 11.4. The Kier molecular flexibility index (Phi) is 2.92. The average Bonchev–Trinajstić information content (AvgIpc) is 2.86. The molecule has 0 spiro atoms. The zero-order valence-corrected chi connectivity index (χ0v) is 8.96. The minimum Gasteiger partial charge on any atom is -0.312 e. The molecule has 0 amide bonds. The van der Waals surface area contributed by atoms with Crippen LogP contribution in [0.25, 0.3) is 0 Å². The highest BCUT2D eigenvalue weighted by Gasteiger charge is 2.32. The summed E-state index contributed by atoms with van der Waals surface area (Å²) in [6.07, 6.45) is -0.0476. The van der Waals surface area contributed by atoms with Crippen LogP contribution in [0, 0.1) is 0 Å². The van der Waals surface area contributed by atoms with Crippen molar-refractivity contribution in [2.45, 2.75) is 38.0 Å². The molecule has 0 saturated heterocycles. The van der Waals surface area contributed by atoms with Gasteiger partial charge in [-0.1, -0.05) is 0 Å². The molecule has 1 aromatic heterocycles. The van der Waals surface area contributed by atoms with Crippen molar-refractivity contribution in [3.63, 3.8) is 0 Å². The quantitative estimate of drug-likeness (QED) is 0.864. The van der Waals surface area contributed by atoms with Crippen LogP contribution in [0.4, 0.5) is 13.2 Å². The molecule has 1 heterocycles. The summed E-state index contributed by atoms with van der Waals surface area (Å²) in [5.41, 5.74) is -0.689. The van der Waals surface area contributed by atoms with Crippen molar-refractivity contribution in [2.24, 2.45) is 0 Å². The van der Waals surface area contributed by atoms with Gasteiger partial charge < -0.3 is 5.32 Å². The highest BCUT2D eigenvalue weighted by Crippen LogP contribution is 2.29. The Bertz CT molecular complexity index is 354. The van der Waals surface area contributed by atoms with Gasteiger partial charge >= 0.3 is 6.18 Å². The first-order chi connectivity index (χ1) is 7.47. The molecule has 1 aliphatic carbocycles. The lowest BCUT2D eigenvalue weighted by Gasteiger charge is -2.12. The van der Waals surface area contributed by atoms with E-state index in [9.17, 15) is 13.2 Å². The third-order valence-electron chi connectivity index (χ3n) is 2.66. The average molecular weight is 233 g/mol. The van der Waals surface area contributed by atoms with Crippen molar-refractivity contribution < 1.29 is 13.2 Å². The number of aromatic nitrogens is 2. The molecular weight excluding hydrogens is 219 g/mol. The molecule has 90 valence electrons. The smallest absolute Gasteiger partial charge is 0.312 e. The lowest BCUT2D eigenvalue weighted by atomic mass is 10.3. The maximum absolute atomic E-state index is 12.3. The van der Waals surface area contributed by atoms with Crippen molar-refractivity contribution in [3.05, 3.63) is 18.0 Å². The van der Waals surface area contributed by atoms with Crippen molar-refractivity contribution in [2.75, 3.05) is 6.54 Å². The highest BCUT2D eigenvalue weighted by atomic mass is 19.4. The van der Waals surface area contributed by atoms with Crippen LogP contribution in [-0.4, -0.2) is 22.4 Å². The first-order valence-electron chi connectivity index (χ1n) is 5.31. The minimum atomic E-state index is -4.30. The van der Waals surface area contributed by atoms with Crippen molar-refractivity contribution in [1.82, 2.24) is 15.1 Å². The Balaban J connectivity index is 1.94. The van der Waals surface area contributed by atoms with Crippen LogP contribution < -0.4 is 5.32 Å². The summed E-state index contributed by atoms with van der Waals surface area (Å²) in [6, 6.07) is 0.497. The molecule has 1 aromatic rings. The van der Waals surface area contributed by atoms with E-state index in [-0.39, 0.29) is 6.04 Å². The van der Waals surface area contributed by atoms with Gasteiger partial charge in [0.2, 0.25) is 0 Å². The molecule has 1 fully saturated rings. The van der Waals surface area contributed by atoms with E-state index < -0.39 is 11.7 Å². The summed E-state index contributed by atoms with van der Waals surface area (Å²) in [6.45, 7) is 2.51. The molecule has 1 aliphatic rings. The van der Waals surface area contributed by atoms with Crippen molar-refractivity contribution in [3.8, 4) is 0 Å². The summed E-state index contributed by atoms with van der Waals surface area (Å²) in [5, 5.41) is 7.00. The van der Waals surface area contributed by atoms with Gasteiger partial charge in [0.05, 0.1) is 17.8 Å². The van der Waals surface area contributed by atoms with Gasteiger partial charge in [0.25, 0.3) is 0 Å². The summed E-state index contributed by atoms with van der Waals surface area (Å²) < 4.78 is 38.3. The monoisotopic (exact) mass is 233 g/mol. The van der Waals surface area contributed by atoms with E-state index in [2.05, 4.69) is 10.4 Å². The van der Waals surface area contributed by atoms with Crippen molar-refractivity contribution >= 4 is 0 Å². The van der Waals surface area contributed by atoms with Gasteiger partial charge in [-0.2, -0.15) is 18.3 Å². The second kappa shape index (κ2) is 4.08. The summed E-state index contributed by atoms with van der Waals surface area (Å²) >= 11 is 0. The normalized spacial score (nSPS) is 18.8. The molecule has 1 unspecified atom stereocenters. The number of rotatable bonds is 4. The SMILES string of the molecule is CC(CNC1CC1)n1cc(C(F)(F)F)cn1. The predicted octanol–water partition coefficient (Wildman–Crippen LogP) is 2.21. The van der Waals surface area contributed by atoms with Gasteiger partial charge in [-0.25, -0.2) is 0 Å². The molecule has 3 nitrogen and oxygen atoms in total. The topological polar surface area (TPSA) is 29.9 Å². The van der Waals surface area contributed by atoms with Crippen LogP contribution in [0.1, 0.15) is 31.4 Å². The molecule has 1 N–H and O–H groups in total. The fourth-order valence-corrected chi connectivity index (χ4v) is 1.44. The number of hydrogen-bond acceptors (Lipinski definition) is 2. The fourth-order valence-electron chi connectivity index (χ4n) is 1.44. The molecule has 0 aliphatic heterocycles. The molecule has 0 bridgehead atoms. The summed E-state index contributed by atoms with van der Waals surface area (Å²) in [7, 11) is 0. The molecule has 0 radical (unpaired) electrons. The van der Waals surface area contributed by atoms with E-state index in [1.54, 1.807) is 0 Å².